The van der Waals surface area contributed by atoms with E-state index in [9.17, 15) is 18.0 Å². The number of aliphatic carboxylic acids is 1. The standard InChI is InChI=1S/C9H14F3NO3/c1-2-6(8(15)16)3-4-13-5-7(14)9(10,11)12/h3,7,13-14H,2,4-5H2,1H3,(H,15,16). The summed E-state index contributed by atoms with van der Waals surface area (Å²) < 4.78 is 35.5. The van der Waals surface area contributed by atoms with Crippen molar-refractivity contribution < 1.29 is 28.2 Å². The Labute approximate surface area is 90.8 Å². The largest absolute Gasteiger partial charge is 0.478 e. The molecule has 0 heterocycles. The quantitative estimate of drug-likeness (QED) is 0.477. The maximum Gasteiger partial charge on any atom is 0.415 e. The van der Waals surface area contributed by atoms with E-state index in [4.69, 9.17) is 10.2 Å². The molecule has 0 aromatic carbocycles. The van der Waals surface area contributed by atoms with Crippen molar-refractivity contribution in [3.05, 3.63) is 11.6 Å². The number of halogens is 3. The van der Waals surface area contributed by atoms with Gasteiger partial charge in [0, 0.05) is 18.7 Å². The van der Waals surface area contributed by atoms with Gasteiger partial charge >= 0.3 is 12.1 Å². The van der Waals surface area contributed by atoms with E-state index in [1.54, 1.807) is 6.92 Å². The Kier molecular flexibility index (Phi) is 6.05. The Bertz CT molecular complexity index is 263. The van der Waals surface area contributed by atoms with Crippen LogP contribution < -0.4 is 5.32 Å². The monoisotopic (exact) mass is 241 g/mol. The van der Waals surface area contributed by atoms with Crippen LogP contribution >= 0.6 is 0 Å². The Morgan fingerprint density at radius 1 is 1.50 bits per heavy atom. The van der Waals surface area contributed by atoms with Gasteiger partial charge in [-0.05, 0) is 6.42 Å². The van der Waals surface area contributed by atoms with Crippen LogP contribution in [0, 0.1) is 0 Å². The summed E-state index contributed by atoms with van der Waals surface area (Å²) in [7, 11) is 0. The topological polar surface area (TPSA) is 69.6 Å². The maximum atomic E-state index is 11.8. The number of rotatable bonds is 6. The molecule has 0 amide bonds. The maximum absolute atomic E-state index is 11.8. The molecule has 0 aliphatic heterocycles. The van der Waals surface area contributed by atoms with Gasteiger partial charge in [-0.15, -0.1) is 0 Å². The van der Waals surface area contributed by atoms with Gasteiger partial charge in [-0.3, -0.25) is 0 Å². The third-order valence-electron chi connectivity index (χ3n) is 1.86. The lowest BCUT2D eigenvalue weighted by atomic mass is 10.2. The van der Waals surface area contributed by atoms with Crippen molar-refractivity contribution in [3.63, 3.8) is 0 Å². The number of aliphatic hydroxyl groups is 1. The molecule has 0 saturated carbocycles. The Hall–Kier alpha value is -1.08. The van der Waals surface area contributed by atoms with Crippen LogP contribution in [-0.4, -0.2) is 41.6 Å². The number of aliphatic hydroxyl groups excluding tert-OH is 1. The van der Waals surface area contributed by atoms with Crippen LogP contribution in [0.5, 0.6) is 0 Å². The van der Waals surface area contributed by atoms with Gasteiger partial charge in [0.25, 0.3) is 0 Å². The second-order valence-corrected chi connectivity index (χ2v) is 3.10. The highest BCUT2D eigenvalue weighted by molar-refractivity contribution is 5.86. The fraction of sp³-hybridized carbons (Fsp3) is 0.667. The van der Waals surface area contributed by atoms with Crippen molar-refractivity contribution in [2.24, 2.45) is 0 Å². The van der Waals surface area contributed by atoms with Crippen molar-refractivity contribution in [3.8, 4) is 0 Å². The van der Waals surface area contributed by atoms with Crippen LogP contribution in [0.1, 0.15) is 13.3 Å². The second-order valence-electron chi connectivity index (χ2n) is 3.10. The summed E-state index contributed by atoms with van der Waals surface area (Å²) in [6.45, 7) is 0.948. The number of nitrogens with one attached hydrogen (secondary N) is 1. The third kappa shape index (κ3) is 5.72. The summed E-state index contributed by atoms with van der Waals surface area (Å²) in [5.74, 6) is -1.10. The SMILES string of the molecule is CCC(=CCNCC(O)C(F)(F)F)C(=O)O. The van der Waals surface area contributed by atoms with E-state index < -0.39 is 24.8 Å². The van der Waals surface area contributed by atoms with Gasteiger partial charge in [0.05, 0.1) is 0 Å². The lowest BCUT2D eigenvalue weighted by Gasteiger charge is -2.14. The lowest BCUT2D eigenvalue weighted by molar-refractivity contribution is -0.201. The Morgan fingerprint density at radius 2 is 2.06 bits per heavy atom. The molecule has 0 aliphatic rings. The van der Waals surface area contributed by atoms with Gasteiger partial charge in [0.2, 0.25) is 0 Å². The van der Waals surface area contributed by atoms with Crippen LogP contribution in [-0.2, 0) is 4.79 Å². The molecule has 0 fully saturated rings. The predicted octanol–water partition coefficient (Wildman–Crippen LogP) is 0.920. The number of hydrogen-bond donors (Lipinski definition) is 3. The first kappa shape index (κ1) is 14.9. The smallest absolute Gasteiger partial charge is 0.415 e. The van der Waals surface area contributed by atoms with E-state index in [0.717, 1.165) is 0 Å². The summed E-state index contributed by atoms with van der Waals surface area (Å²) in [5.41, 5.74) is 0.119. The van der Waals surface area contributed by atoms with Crippen molar-refractivity contribution in [1.82, 2.24) is 5.32 Å². The van der Waals surface area contributed by atoms with Gasteiger partial charge in [0.15, 0.2) is 6.10 Å². The molecule has 0 radical (unpaired) electrons. The molecule has 7 heteroatoms. The molecular weight excluding hydrogens is 227 g/mol. The minimum Gasteiger partial charge on any atom is -0.478 e. The molecule has 3 N–H and O–H groups in total. The van der Waals surface area contributed by atoms with Crippen molar-refractivity contribution in [1.29, 1.82) is 0 Å². The Balaban J connectivity index is 3.96. The summed E-state index contributed by atoms with van der Waals surface area (Å²) in [6, 6.07) is 0. The summed E-state index contributed by atoms with van der Waals surface area (Å²) >= 11 is 0. The number of hydrogen-bond acceptors (Lipinski definition) is 3. The lowest BCUT2D eigenvalue weighted by Crippen LogP contribution is -2.38. The van der Waals surface area contributed by atoms with E-state index in [2.05, 4.69) is 5.32 Å². The molecule has 0 spiro atoms. The van der Waals surface area contributed by atoms with Gasteiger partial charge in [0.1, 0.15) is 0 Å². The zero-order chi connectivity index (χ0) is 12.8. The molecular formula is C9H14F3NO3. The van der Waals surface area contributed by atoms with Gasteiger partial charge < -0.3 is 15.5 Å². The molecule has 0 aromatic heterocycles. The molecule has 16 heavy (non-hydrogen) atoms. The summed E-state index contributed by atoms with van der Waals surface area (Å²) in [4.78, 5) is 10.5. The number of alkyl halides is 3. The first-order valence-corrected chi connectivity index (χ1v) is 4.66. The van der Waals surface area contributed by atoms with Crippen molar-refractivity contribution >= 4 is 5.97 Å². The van der Waals surface area contributed by atoms with E-state index >= 15 is 0 Å². The van der Waals surface area contributed by atoms with Gasteiger partial charge in [-0.25, -0.2) is 4.79 Å². The number of carbonyl (C=O) groups is 1. The zero-order valence-corrected chi connectivity index (χ0v) is 8.71. The molecule has 0 aromatic rings. The Morgan fingerprint density at radius 3 is 2.44 bits per heavy atom. The molecule has 1 atom stereocenters. The van der Waals surface area contributed by atoms with Crippen molar-refractivity contribution in [2.45, 2.75) is 25.6 Å². The van der Waals surface area contributed by atoms with E-state index in [1.165, 1.54) is 6.08 Å². The van der Waals surface area contributed by atoms with Crippen LogP contribution in [0.3, 0.4) is 0 Å². The first-order valence-electron chi connectivity index (χ1n) is 4.66. The highest BCUT2D eigenvalue weighted by Crippen LogP contribution is 2.19. The highest BCUT2D eigenvalue weighted by atomic mass is 19.4. The molecule has 4 nitrogen and oxygen atoms in total. The van der Waals surface area contributed by atoms with Gasteiger partial charge in [-0.1, -0.05) is 13.0 Å². The summed E-state index contributed by atoms with van der Waals surface area (Å²) in [6.07, 6.45) is -5.52. The molecule has 0 saturated heterocycles. The minimum absolute atomic E-state index is 0.0252. The molecule has 0 bridgehead atoms. The predicted molar refractivity (Wildman–Crippen MR) is 50.9 cm³/mol. The van der Waals surface area contributed by atoms with E-state index in [0.29, 0.717) is 6.42 Å². The van der Waals surface area contributed by atoms with Gasteiger partial charge in [-0.2, -0.15) is 13.2 Å². The molecule has 94 valence electrons. The van der Waals surface area contributed by atoms with E-state index in [1.807, 2.05) is 0 Å². The summed E-state index contributed by atoms with van der Waals surface area (Å²) in [5, 5.41) is 19.5. The fourth-order valence-electron chi connectivity index (χ4n) is 0.914. The number of carboxylic acid groups (broad SMARTS) is 1. The van der Waals surface area contributed by atoms with Crippen LogP contribution in [0.4, 0.5) is 13.2 Å². The van der Waals surface area contributed by atoms with Crippen molar-refractivity contribution in [2.75, 3.05) is 13.1 Å². The fourth-order valence-corrected chi connectivity index (χ4v) is 0.914. The normalized spacial score (nSPS) is 14.9. The van der Waals surface area contributed by atoms with Crippen LogP contribution in [0.25, 0.3) is 0 Å². The first-order chi connectivity index (χ1) is 7.29. The number of carboxylic acids is 1. The molecule has 0 rings (SSSR count). The molecule has 1 unspecified atom stereocenters. The van der Waals surface area contributed by atoms with Crippen LogP contribution in [0.2, 0.25) is 0 Å². The zero-order valence-electron chi connectivity index (χ0n) is 8.71. The minimum atomic E-state index is -4.66. The molecule has 0 aliphatic carbocycles. The average Bonchev–Trinajstić information content (AvgIpc) is 2.15. The highest BCUT2D eigenvalue weighted by Gasteiger charge is 2.37. The van der Waals surface area contributed by atoms with E-state index in [-0.39, 0.29) is 12.1 Å². The average molecular weight is 241 g/mol. The third-order valence-corrected chi connectivity index (χ3v) is 1.86. The second kappa shape index (κ2) is 6.49. The van der Waals surface area contributed by atoms with Crippen LogP contribution in [0.15, 0.2) is 11.6 Å².